The van der Waals surface area contributed by atoms with Gasteiger partial charge in [-0.2, -0.15) is 8.42 Å². The van der Waals surface area contributed by atoms with Crippen molar-refractivity contribution in [1.82, 2.24) is 10.6 Å². The van der Waals surface area contributed by atoms with Crippen LogP contribution in [0.5, 0.6) is 11.5 Å². The van der Waals surface area contributed by atoms with Crippen molar-refractivity contribution < 1.29 is 37.5 Å². The molecular weight excluding hydrogens is 540 g/mol. The van der Waals surface area contributed by atoms with Crippen molar-refractivity contribution in [3.05, 3.63) is 47.5 Å². The maximum absolute atomic E-state index is 12.2. The first kappa shape index (κ1) is 31.3. The number of nitrogens with one attached hydrogen (secondary N) is 4. The summed E-state index contributed by atoms with van der Waals surface area (Å²) in [6.45, 7) is 5.05. The highest BCUT2D eigenvalue weighted by molar-refractivity contribution is 7.85. The lowest BCUT2D eigenvalue weighted by molar-refractivity contribution is -0.118. The van der Waals surface area contributed by atoms with Gasteiger partial charge in [-0.3, -0.25) is 14.1 Å². The first-order valence-corrected chi connectivity index (χ1v) is 14.7. The van der Waals surface area contributed by atoms with Crippen LogP contribution in [0.2, 0.25) is 0 Å². The number of anilines is 2. The van der Waals surface area contributed by atoms with Crippen LogP contribution in [-0.4, -0.2) is 72.5 Å². The van der Waals surface area contributed by atoms with E-state index >= 15 is 0 Å². The van der Waals surface area contributed by atoms with E-state index in [9.17, 15) is 28.2 Å². The van der Waals surface area contributed by atoms with Crippen LogP contribution in [0.3, 0.4) is 0 Å². The Morgan fingerprint density at radius 1 is 1.12 bits per heavy atom. The van der Waals surface area contributed by atoms with Crippen molar-refractivity contribution in [3.63, 3.8) is 0 Å². The predicted octanol–water partition coefficient (Wildman–Crippen LogP) is 1.95. The van der Waals surface area contributed by atoms with Crippen molar-refractivity contribution in [1.29, 1.82) is 0 Å². The van der Waals surface area contributed by atoms with Gasteiger partial charge < -0.3 is 36.2 Å². The zero-order chi connectivity index (χ0) is 29.3. The molecule has 12 nitrogen and oxygen atoms in total. The van der Waals surface area contributed by atoms with Gasteiger partial charge in [0, 0.05) is 29.8 Å². The van der Waals surface area contributed by atoms with Crippen molar-refractivity contribution >= 4 is 33.3 Å². The molecule has 7 N–H and O–H groups in total. The maximum Gasteiger partial charge on any atom is 0.264 e. The Morgan fingerprint density at radius 3 is 2.52 bits per heavy atom. The van der Waals surface area contributed by atoms with Crippen molar-refractivity contribution in [2.75, 3.05) is 42.6 Å². The first-order chi connectivity index (χ1) is 18.8. The number of β-amino-alcohol motifs (C(OH)–C–C–N with tert-alkyl or cyclic N) is 1. The standard InChI is InChI=1S/C27H38N4O8S/c1-27(2,29-16-22(33)20-10-11-21(32)25-26(20)39-17-24(35)31-25)15-18-6-8-19(9-7-18)30-23(34)5-3-12-28-13-4-14-40(36,37)38/h6-11,22,28-29,32-33H,3-5,12-17H2,1-2H3,(H,30,34)(H,31,35)(H,36,37,38). The number of hydrogen-bond donors (Lipinski definition) is 7. The molecule has 220 valence electrons. The molecule has 2 amide bonds. The van der Waals surface area contributed by atoms with Gasteiger partial charge in [-0.15, -0.1) is 0 Å². The maximum atomic E-state index is 12.2. The Morgan fingerprint density at radius 2 is 1.82 bits per heavy atom. The molecule has 3 rings (SSSR count). The van der Waals surface area contributed by atoms with Crippen LogP contribution in [0.15, 0.2) is 36.4 Å². The fourth-order valence-corrected chi connectivity index (χ4v) is 4.81. The smallest absolute Gasteiger partial charge is 0.264 e. The third-order valence-corrected chi connectivity index (χ3v) is 7.11. The van der Waals surface area contributed by atoms with Crippen LogP contribution in [0.1, 0.15) is 50.3 Å². The summed E-state index contributed by atoms with van der Waals surface area (Å²) >= 11 is 0. The molecule has 1 aliphatic rings. The molecule has 2 aromatic carbocycles. The fraction of sp³-hybridized carbons (Fsp3) is 0.481. The number of phenolic OH excluding ortho intramolecular Hbond substituents is 1. The summed E-state index contributed by atoms with van der Waals surface area (Å²) in [6.07, 6.45) is 0.925. The molecule has 0 fully saturated rings. The van der Waals surface area contributed by atoms with Crippen molar-refractivity contribution in [3.8, 4) is 11.5 Å². The molecule has 0 aromatic heterocycles. The van der Waals surface area contributed by atoms with E-state index in [1.807, 2.05) is 38.1 Å². The van der Waals surface area contributed by atoms with Crippen LogP contribution in [0.25, 0.3) is 0 Å². The molecule has 1 heterocycles. The highest BCUT2D eigenvalue weighted by Gasteiger charge is 2.27. The van der Waals surface area contributed by atoms with Gasteiger partial charge >= 0.3 is 0 Å². The Balaban J connectivity index is 1.42. The highest BCUT2D eigenvalue weighted by Crippen LogP contribution is 2.41. The molecular formula is C27H38N4O8S. The summed E-state index contributed by atoms with van der Waals surface area (Å²) in [7, 11) is -3.94. The second-order valence-corrected chi connectivity index (χ2v) is 12.0. The van der Waals surface area contributed by atoms with Crippen molar-refractivity contribution in [2.45, 2.75) is 51.2 Å². The molecule has 1 atom stereocenters. The molecule has 40 heavy (non-hydrogen) atoms. The molecule has 0 saturated carbocycles. The van der Waals surface area contributed by atoms with Gasteiger partial charge in [0.05, 0.1) is 11.9 Å². The Kier molecular flexibility index (Phi) is 10.9. The largest absolute Gasteiger partial charge is 0.506 e. The van der Waals surface area contributed by atoms with E-state index in [0.29, 0.717) is 50.0 Å². The molecule has 0 radical (unpaired) electrons. The number of carbonyl (C=O) groups excluding carboxylic acids is 2. The van der Waals surface area contributed by atoms with Crippen LogP contribution >= 0.6 is 0 Å². The van der Waals surface area contributed by atoms with E-state index in [2.05, 4.69) is 21.3 Å². The average molecular weight is 579 g/mol. The lowest BCUT2D eigenvalue weighted by atomic mass is 9.94. The lowest BCUT2D eigenvalue weighted by Gasteiger charge is -2.29. The highest BCUT2D eigenvalue weighted by atomic mass is 32.2. The number of aromatic hydroxyl groups is 1. The summed E-state index contributed by atoms with van der Waals surface area (Å²) < 4.78 is 35.5. The Hall–Kier alpha value is -3.23. The minimum atomic E-state index is -3.94. The normalized spacial score (nSPS) is 14.2. The Labute approximate surface area is 234 Å². The average Bonchev–Trinajstić information content (AvgIpc) is 2.87. The lowest BCUT2D eigenvalue weighted by Crippen LogP contribution is -2.43. The molecule has 2 aromatic rings. The number of fused-ring (bicyclic) bond motifs is 1. The number of ether oxygens (including phenoxy) is 1. The number of rotatable bonds is 15. The van der Waals surface area contributed by atoms with E-state index in [1.165, 1.54) is 6.07 Å². The first-order valence-electron chi connectivity index (χ1n) is 13.1. The van der Waals surface area contributed by atoms with Crippen LogP contribution < -0.4 is 26.0 Å². The minimum Gasteiger partial charge on any atom is -0.506 e. The number of hydrogen-bond acceptors (Lipinski definition) is 9. The summed E-state index contributed by atoms with van der Waals surface area (Å²) in [5.41, 5.74) is 1.95. The summed E-state index contributed by atoms with van der Waals surface area (Å²) in [5.74, 6) is -0.652. The third-order valence-electron chi connectivity index (χ3n) is 6.31. The van der Waals surface area contributed by atoms with Crippen LogP contribution in [-0.2, 0) is 26.1 Å². The van der Waals surface area contributed by atoms with Crippen LogP contribution in [0.4, 0.5) is 11.4 Å². The summed E-state index contributed by atoms with van der Waals surface area (Å²) in [4.78, 5) is 23.8. The van der Waals surface area contributed by atoms with E-state index < -0.39 is 16.2 Å². The molecule has 0 saturated heterocycles. The van der Waals surface area contributed by atoms with Gasteiger partial charge in [0.25, 0.3) is 16.0 Å². The second kappa shape index (κ2) is 13.9. The van der Waals surface area contributed by atoms with Crippen LogP contribution in [0, 0.1) is 0 Å². The molecule has 1 aliphatic heterocycles. The van der Waals surface area contributed by atoms with E-state index in [-0.39, 0.29) is 53.4 Å². The predicted molar refractivity (Wildman–Crippen MR) is 151 cm³/mol. The monoisotopic (exact) mass is 578 g/mol. The van der Waals surface area contributed by atoms with Gasteiger partial charge in [-0.25, -0.2) is 0 Å². The molecule has 1 unspecified atom stereocenters. The van der Waals surface area contributed by atoms with Gasteiger partial charge in [0.15, 0.2) is 12.4 Å². The number of benzene rings is 2. The van der Waals surface area contributed by atoms with Gasteiger partial charge in [-0.1, -0.05) is 12.1 Å². The summed E-state index contributed by atoms with van der Waals surface area (Å²) in [6, 6.07) is 10.5. The van der Waals surface area contributed by atoms with Gasteiger partial charge in [0.2, 0.25) is 5.91 Å². The number of amides is 2. The molecule has 0 spiro atoms. The fourth-order valence-electron chi connectivity index (χ4n) is 4.30. The second-order valence-electron chi connectivity index (χ2n) is 10.4. The van der Waals surface area contributed by atoms with Crippen molar-refractivity contribution in [2.24, 2.45) is 0 Å². The third kappa shape index (κ3) is 10.1. The topological polar surface area (TPSA) is 186 Å². The number of aliphatic hydroxyl groups excluding tert-OH is 1. The quantitative estimate of drug-likeness (QED) is 0.0935. The van der Waals surface area contributed by atoms with E-state index in [0.717, 1.165) is 5.56 Å². The number of aliphatic hydroxyl groups is 1. The van der Waals surface area contributed by atoms with Gasteiger partial charge in [-0.05, 0) is 76.0 Å². The zero-order valence-electron chi connectivity index (χ0n) is 22.7. The molecule has 0 bridgehead atoms. The Bertz CT molecular complexity index is 1280. The molecule has 13 heteroatoms. The molecule has 0 aliphatic carbocycles. The zero-order valence-corrected chi connectivity index (χ0v) is 23.5. The number of phenols is 1. The number of carbonyl (C=O) groups is 2. The van der Waals surface area contributed by atoms with E-state index in [4.69, 9.17) is 9.29 Å². The SMILES string of the molecule is CC(C)(Cc1ccc(NC(=O)CCCNCCCS(=O)(=O)O)cc1)NCC(O)c1ccc(O)c2c1OCC(=O)N2. The van der Waals surface area contributed by atoms with Gasteiger partial charge in [0.1, 0.15) is 11.4 Å². The summed E-state index contributed by atoms with van der Waals surface area (Å²) in [5, 5.41) is 32.7. The minimum absolute atomic E-state index is 0.122. The van der Waals surface area contributed by atoms with E-state index in [1.54, 1.807) is 6.07 Å².